The van der Waals surface area contributed by atoms with Gasteiger partial charge < -0.3 is 10.1 Å². The number of aromatic nitrogens is 4. The summed E-state index contributed by atoms with van der Waals surface area (Å²) in [4.78, 5) is 36.8. The van der Waals surface area contributed by atoms with Crippen molar-refractivity contribution in [3.05, 3.63) is 131 Å². The van der Waals surface area contributed by atoms with Crippen molar-refractivity contribution in [2.75, 3.05) is 13.1 Å². The van der Waals surface area contributed by atoms with Crippen LogP contribution >= 0.6 is 0 Å². The van der Waals surface area contributed by atoms with Crippen molar-refractivity contribution >= 4 is 17.0 Å². The topological polar surface area (TPSA) is 104 Å². The molecular formula is C37H31F4N5O3. The molecular weight excluding hydrogens is 638 g/mol. The summed E-state index contributed by atoms with van der Waals surface area (Å²) < 4.78 is 47.5. The number of carboxylic acids is 1. The molecule has 0 aliphatic carbocycles. The van der Waals surface area contributed by atoms with Crippen molar-refractivity contribution < 1.29 is 27.5 Å². The van der Waals surface area contributed by atoms with E-state index in [-0.39, 0.29) is 17.5 Å². The zero-order valence-corrected chi connectivity index (χ0v) is 26.1. The van der Waals surface area contributed by atoms with Gasteiger partial charge in [0.05, 0.1) is 28.1 Å². The highest BCUT2D eigenvalue weighted by Crippen LogP contribution is 2.32. The van der Waals surface area contributed by atoms with Gasteiger partial charge in [-0.1, -0.05) is 84.9 Å². The SMILES string of the molecule is O=C(O)C(F)(F)F.O=c1[nH]c(-c2ccccc2)cn1C1CCN(Cc2ccc(-c3nc4ccc(F)cc4nc3-c3ccccc3)cc2)CC1. The first kappa shape index (κ1) is 33.3. The summed E-state index contributed by atoms with van der Waals surface area (Å²) in [5, 5.41) is 7.12. The van der Waals surface area contributed by atoms with Crippen LogP contribution in [0.2, 0.25) is 0 Å². The number of alkyl halides is 3. The number of likely N-dealkylation sites (tertiary alicyclic amines) is 1. The summed E-state index contributed by atoms with van der Waals surface area (Å²) in [7, 11) is 0. The number of imidazole rings is 1. The summed E-state index contributed by atoms with van der Waals surface area (Å²) in [6.07, 6.45) is -1.26. The minimum Gasteiger partial charge on any atom is -0.475 e. The maximum Gasteiger partial charge on any atom is 0.490 e. The number of piperidine rings is 1. The van der Waals surface area contributed by atoms with Crippen LogP contribution < -0.4 is 5.69 Å². The minimum absolute atomic E-state index is 0.0420. The normalized spacial score (nSPS) is 14.0. The van der Waals surface area contributed by atoms with Crippen LogP contribution in [0, 0.1) is 5.82 Å². The molecule has 0 atom stereocenters. The lowest BCUT2D eigenvalue weighted by atomic mass is 10.0. The van der Waals surface area contributed by atoms with E-state index in [9.17, 15) is 22.4 Å². The van der Waals surface area contributed by atoms with Gasteiger partial charge in [0, 0.05) is 49.1 Å². The van der Waals surface area contributed by atoms with E-state index in [0.29, 0.717) is 11.0 Å². The number of carbonyl (C=O) groups is 1. The summed E-state index contributed by atoms with van der Waals surface area (Å²) in [5.74, 6) is -3.08. The second kappa shape index (κ2) is 14.2. The van der Waals surface area contributed by atoms with Gasteiger partial charge in [-0.25, -0.2) is 23.9 Å². The number of carboxylic acid groups (broad SMARTS) is 1. The molecule has 250 valence electrons. The number of nitrogens with zero attached hydrogens (tertiary/aromatic N) is 4. The third-order valence-electron chi connectivity index (χ3n) is 8.33. The summed E-state index contributed by atoms with van der Waals surface area (Å²) in [5.41, 5.74) is 7.69. The number of aliphatic carboxylic acids is 1. The average molecular weight is 670 g/mol. The molecule has 0 unspecified atom stereocenters. The minimum atomic E-state index is -5.08. The molecule has 12 heteroatoms. The molecule has 1 saturated heterocycles. The fourth-order valence-electron chi connectivity index (χ4n) is 5.85. The van der Waals surface area contributed by atoms with Crippen LogP contribution in [0.3, 0.4) is 0 Å². The highest BCUT2D eigenvalue weighted by molar-refractivity contribution is 5.86. The molecule has 7 rings (SSSR count). The summed E-state index contributed by atoms with van der Waals surface area (Å²) in [6.45, 7) is 2.70. The number of aromatic amines is 1. The maximum absolute atomic E-state index is 13.9. The van der Waals surface area contributed by atoms with Gasteiger partial charge >= 0.3 is 17.8 Å². The summed E-state index contributed by atoms with van der Waals surface area (Å²) >= 11 is 0. The lowest BCUT2D eigenvalue weighted by Crippen LogP contribution is -2.36. The number of benzene rings is 4. The molecule has 4 aromatic carbocycles. The van der Waals surface area contributed by atoms with Crippen LogP contribution in [0.25, 0.3) is 44.8 Å². The first-order valence-corrected chi connectivity index (χ1v) is 15.6. The molecule has 0 saturated carbocycles. The average Bonchev–Trinajstić information content (AvgIpc) is 3.50. The van der Waals surface area contributed by atoms with Gasteiger partial charge in [-0.05, 0) is 36.1 Å². The number of nitrogens with one attached hydrogen (secondary N) is 1. The molecule has 0 spiro atoms. The Morgan fingerprint density at radius 3 is 1.94 bits per heavy atom. The van der Waals surface area contributed by atoms with Crippen molar-refractivity contribution in [1.82, 2.24) is 24.4 Å². The van der Waals surface area contributed by atoms with E-state index >= 15 is 0 Å². The second-order valence-electron chi connectivity index (χ2n) is 11.7. The maximum atomic E-state index is 13.9. The van der Waals surface area contributed by atoms with Crippen LogP contribution in [0.5, 0.6) is 0 Å². The zero-order valence-electron chi connectivity index (χ0n) is 26.1. The molecule has 1 aliphatic heterocycles. The zero-order chi connectivity index (χ0) is 34.5. The van der Waals surface area contributed by atoms with Crippen molar-refractivity contribution in [1.29, 1.82) is 0 Å². The standard InChI is InChI=1S/C35H30FN5O.C2HF3O2/c36-28-15-16-30-31(21-28)38-33(26-9-5-2-6-10-26)34(37-30)27-13-11-24(12-14-27)22-40-19-17-29(18-20-40)41-23-32(39-35(41)42)25-7-3-1-4-8-25;3-2(4,5)1(6)7/h1-16,21,23,29H,17-20,22H2,(H,39,42);(H,6,7). The first-order valence-electron chi connectivity index (χ1n) is 15.6. The monoisotopic (exact) mass is 669 g/mol. The Morgan fingerprint density at radius 2 is 1.35 bits per heavy atom. The number of hydrogen-bond acceptors (Lipinski definition) is 5. The third kappa shape index (κ3) is 7.92. The molecule has 6 aromatic rings. The van der Waals surface area contributed by atoms with Crippen LogP contribution in [-0.2, 0) is 11.3 Å². The highest BCUT2D eigenvalue weighted by atomic mass is 19.4. The lowest BCUT2D eigenvalue weighted by Gasteiger charge is -2.32. The molecule has 49 heavy (non-hydrogen) atoms. The van der Waals surface area contributed by atoms with E-state index in [4.69, 9.17) is 19.9 Å². The number of hydrogen-bond donors (Lipinski definition) is 2. The van der Waals surface area contributed by atoms with E-state index < -0.39 is 12.1 Å². The molecule has 0 radical (unpaired) electrons. The Morgan fingerprint density at radius 1 is 0.796 bits per heavy atom. The predicted octanol–water partition coefficient (Wildman–Crippen LogP) is 7.73. The van der Waals surface area contributed by atoms with Crippen LogP contribution in [0.4, 0.5) is 17.6 Å². The van der Waals surface area contributed by atoms with E-state index in [1.807, 2.05) is 71.4 Å². The highest BCUT2D eigenvalue weighted by Gasteiger charge is 2.38. The fraction of sp³-hybridized carbons (Fsp3) is 0.189. The quantitative estimate of drug-likeness (QED) is 0.176. The molecule has 2 aromatic heterocycles. The van der Waals surface area contributed by atoms with Crippen LogP contribution in [0.1, 0.15) is 24.4 Å². The molecule has 1 fully saturated rings. The third-order valence-corrected chi connectivity index (χ3v) is 8.33. The fourth-order valence-corrected chi connectivity index (χ4v) is 5.85. The Hall–Kier alpha value is -5.62. The van der Waals surface area contributed by atoms with Crippen LogP contribution in [-0.4, -0.2) is 54.8 Å². The largest absolute Gasteiger partial charge is 0.490 e. The van der Waals surface area contributed by atoms with Gasteiger partial charge in [0.15, 0.2) is 0 Å². The molecule has 3 heterocycles. The van der Waals surface area contributed by atoms with Crippen molar-refractivity contribution in [2.45, 2.75) is 31.6 Å². The smallest absolute Gasteiger partial charge is 0.475 e. The number of fused-ring (bicyclic) bond motifs is 1. The Balaban J connectivity index is 0.000000540. The van der Waals surface area contributed by atoms with E-state index in [0.717, 1.165) is 66.2 Å². The van der Waals surface area contributed by atoms with Crippen molar-refractivity contribution in [3.63, 3.8) is 0 Å². The Bertz CT molecular complexity index is 2110. The van der Waals surface area contributed by atoms with Crippen LogP contribution in [0.15, 0.2) is 114 Å². The number of H-pyrrole nitrogens is 1. The molecule has 1 aliphatic rings. The van der Waals surface area contributed by atoms with Crippen molar-refractivity contribution in [2.24, 2.45) is 0 Å². The summed E-state index contributed by atoms with van der Waals surface area (Å²) in [6, 6.07) is 33.1. The number of rotatable bonds is 6. The molecule has 0 amide bonds. The molecule has 8 nitrogen and oxygen atoms in total. The van der Waals surface area contributed by atoms with Crippen molar-refractivity contribution in [3.8, 4) is 33.8 Å². The molecule has 2 N–H and O–H groups in total. The van der Waals surface area contributed by atoms with Gasteiger partial charge in [-0.2, -0.15) is 13.2 Å². The van der Waals surface area contributed by atoms with E-state index in [2.05, 4.69) is 34.1 Å². The molecule has 0 bridgehead atoms. The van der Waals surface area contributed by atoms with Gasteiger partial charge in [0.25, 0.3) is 0 Å². The second-order valence-corrected chi connectivity index (χ2v) is 11.7. The van der Waals surface area contributed by atoms with E-state index in [1.54, 1.807) is 6.07 Å². The predicted molar refractivity (Wildman–Crippen MR) is 178 cm³/mol. The first-order chi connectivity index (χ1) is 23.5. The number of halogens is 4. The lowest BCUT2D eigenvalue weighted by molar-refractivity contribution is -0.192. The Labute approximate surface area is 278 Å². The van der Waals surface area contributed by atoms with E-state index in [1.165, 1.54) is 17.7 Å². The van der Waals surface area contributed by atoms with Gasteiger partial charge in [0.2, 0.25) is 0 Å². The van der Waals surface area contributed by atoms with Gasteiger partial charge in [-0.3, -0.25) is 9.47 Å². The van der Waals surface area contributed by atoms with Gasteiger partial charge in [-0.15, -0.1) is 0 Å². The van der Waals surface area contributed by atoms with Gasteiger partial charge in [0.1, 0.15) is 5.82 Å². The Kier molecular flexibility index (Phi) is 9.68.